The van der Waals surface area contributed by atoms with Crippen molar-refractivity contribution in [1.82, 2.24) is 14.7 Å². The number of hydrogen-bond donors (Lipinski definition) is 3. The van der Waals surface area contributed by atoms with E-state index in [0.29, 0.717) is 29.7 Å². The van der Waals surface area contributed by atoms with Crippen molar-refractivity contribution in [3.05, 3.63) is 88.6 Å². The second-order valence-electron chi connectivity index (χ2n) is 9.15. The van der Waals surface area contributed by atoms with Gasteiger partial charge in [0.2, 0.25) is 0 Å². The molecule has 6 nitrogen and oxygen atoms in total. The maximum Gasteiger partial charge on any atom is 0.251 e. The van der Waals surface area contributed by atoms with Gasteiger partial charge in [-0.2, -0.15) is 0 Å². The number of anilines is 1. The first-order valence-corrected chi connectivity index (χ1v) is 12.6. The smallest absolute Gasteiger partial charge is 0.251 e. The van der Waals surface area contributed by atoms with Crippen LogP contribution in [-0.2, 0) is 13.1 Å². The Hall–Kier alpha value is -3.35. The van der Waals surface area contributed by atoms with Gasteiger partial charge in [0, 0.05) is 41.5 Å². The minimum Gasteiger partial charge on any atom is -0.367 e. The molecule has 1 aliphatic rings. The van der Waals surface area contributed by atoms with Crippen LogP contribution >= 0.6 is 11.6 Å². The molecule has 2 aromatic heterocycles. The molecular formula is C28H30ClN5O. The summed E-state index contributed by atoms with van der Waals surface area (Å²) in [6.45, 7) is 0.916. The van der Waals surface area contributed by atoms with E-state index in [0.717, 1.165) is 46.7 Å². The third kappa shape index (κ3) is 5.34. The Kier molecular flexibility index (Phi) is 7.02. The van der Waals surface area contributed by atoms with Gasteiger partial charge in [0.25, 0.3) is 5.91 Å². The van der Waals surface area contributed by atoms with Gasteiger partial charge >= 0.3 is 0 Å². The van der Waals surface area contributed by atoms with Crippen LogP contribution in [0, 0.1) is 0 Å². The number of carbonyl (C=O) groups excluding carboxylic acids is 1. The Morgan fingerprint density at radius 2 is 1.83 bits per heavy atom. The fourth-order valence-corrected chi connectivity index (χ4v) is 4.94. The summed E-state index contributed by atoms with van der Waals surface area (Å²) in [6.07, 6.45) is 7.98. The molecule has 0 radical (unpaired) electrons. The topological polar surface area (TPSA) is 84.5 Å². The number of nitrogens with one attached hydrogen (secondary N) is 2. The lowest BCUT2D eigenvalue weighted by Crippen LogP contribution is -2.24. The number of hydrogen-bond acceptors (Lipinski definition) is 4. The summed E-state index contributed by atoms with van der Waals surface area (Å²) in [7, 11) is 0. The molecule has 0 unspecified atom stereocenters. The van der Waals surface area contributed by atoms with Crippen LogP contribution in [-0.4, -0.2) is 21.3 Å². The summed E-state index contributed by atoms with van der Waals surface area (Å²) < 4.78 is 2.03. The predicted molar refractivity (Wildman–Crippen MR) is 142 cm³/mol. The summed E-state index contributed by atoms with van der Waals surface area (Å²) in [5.41, 5.74) is 10.9. The van der Waals surface area contributed by atoms with Crippen molar-refractivity contribution in [3.63, 3.8) is 0 Å². The Labute approximate surface area is 210 Å². The number of nitrogens with zero attached hydrogens (tertiary/aromatic N) is 2. The second kappa shape index (κ2) is 10.5. The molecule has 2 aromatic carbocycles. The fraction of sp³-hybridized carbons (Fsp3) is 0.286. The third-order valence-corrected chi connectivity index (χ3v) is 6.85. The van der Waals surface area contributed by atoms with E-state index in [1.54, 1.807) is 0 Å². The first-order valence-electron chi connectivity index (χ1n) is 12.2. The van der Waals surface area contributed by atoms with E-state index in [-0.39, 0.29) is 5.91 Å². The molecule has 0 spiro atoms. The molecule has 2 heterocycles. The van der Waals surface area contributed by atoms with Gasteiger partial charge in [-0.3, -0.25) is 9.20 Å². The van der Waals surface area contributed by atoms with Crippen molar-refractivity contribution in [2.75, 3.05) is 5.32 Å². The van der Waals surface area contributed by atoms with Crippen molar-refractivity contribution < 1.29 is 4.79 Å². The third-order valence-electron chi connectivity index (χ3n) is 6.61. The first-order chi connectivity index (χ1) is 17.1. The quantitative estimate of drug-likeness (QED) is 0.308. The Bertz CT molecular complexity index is 1340. The van der Waals surface area contributed by atoms with Crippen LogP contribution in [0.2, 0.25) is 5.02 Å². The van der Waals surface area contributed by atoms with Crippen LogP contribution in [0.25, 0.3) is 16.9 Å². The number of halogens is 1. The summed E-state index contributed by atoms with van der Waals surface area (Å²) >= 11 is 6.29. The number of imidazole rings is 1. The highest BCUT2D eigenvalue weighted by Gasteiger charge is 2.20. The van der Waals surface area contributed by atoms with E-state index in [1.807, 2.05) is 71.3 Å². The maximum atomic E-state index is 12.9. The normalized spacial score (nSPS) is 14.2. The summed E-state index contributed by atoms with van der Waals surface area (Å²) in [4.78, 5) is 17.9. The molecule has 5 rings (SSSR count). The molecule has 1 fully saturated rings. The molecule has 1 aliphatic carbocycles. The molecule has 7 heteroatoms. The van der Waals surface area contributed by atoms with Crippen LogP contribution < -0.4 is 16.4 Å². The van der Waals surface area contributed by atoms with Crippen LogP contribution in [0.15, 0.2) is 66.9 Å². The van der Waals surface area contributed by atoms with E-state index in [4.69, 9.17) is 22.3 Å². The monoisotopic (exact) mass is 487 g/mol. The minimum atomic E-state index is -0.139. The summed E-state index contributed by atoms with van der Waals surface area (Å²) in [5, 5.41) is 7.42. The number of amides is 1. The molecule has 0 aliphatic heterocycles. The number of benzene rings is 2. The lowest BCUT2D eigenvalue weighted by atomic mass is 9.95. The number of fused-ring (bicyclic) bond motifs is 1. The Morgan fingerprint density at radius 3 is 2.63 bits per heavy atom. The van der Waals surface area contributed by atoms with Crippen LogP contribution in [0.1, 0.15) is 53.6 Å². The van der Waals surface area contributed by atoms with Crippen molar-refractivity contribution in [2.45, 2.75) is 51.2 Å². The zero-order valence-corrected chi connectivity index (χ0v) is 20.4. The lowest BCUT2D eigenvalue weighted by molar-refractivity contribution is 0.0951. The van der Waals surface area contributed by atoms with Gasteiger partial charge in [0.15, 0.2) is 0 Å². The van der Waals surface area contributed by atoms with Gasteiger partial charge in [0.05, 0.1) is 0 Å². The average molecular weight is 488 g/mol. The van der Waals surface area contributed by atoms with Crippen LogP contribution in [0.4, 0.5) is 5.82 Å². The van der Waals surface area contributed by atoms with Gasteiger partial charge in [-0.1, -0.05) is 67.3 Å². The zero-order valence-electron chi connectivity index (χ0n) is 19.6. The lowest BCUT2D eigenvalue weighted by Gasteiger charge is -2.24. The van der Waals surface area contributed by atoms with Crippen molar-refractivity contribution in [3.8, 4) is 11.3 Å². The molecule has 0 saturated heterocycles. The van der Waals surface area contributed by atoms with E-state index in [9.17, 15) is 4.79 Å². The molecule has 0 atom stereocenters. The first kappa shape index (κ1) is 23.4. The van der Waals surface area contributed by atoms with E-state index >= 15 is 0 Å². The highest BCUT2D eigenvalue weighted by atomic mass is 35.5. The molecule has 180 valence electrons. The summed E-state index contributed by atoms with van der Waals surface area (Å²) in [5.74, 6) is 0.805. The van der Waals surface area contributed by atoms with Crippen LogP contribution in [0.3, 0.4) is 0 Å². The van der Waals surface area contributed by atoms with Crippen molar-refractivity contribution in [1.29, 1.82) is 0 Å². The molecule has 1 saturated carbocycles. The van der Waals surface area contributed by atoms with Gasteiger partial charge in [-0.25, -0.2) is 4.98 Å². The molecule has 35 heavy (non-hydrogen) atoms. The Balaban J connectivity index is 1.44. The minimum absolute atomic E-state index is 0.139. The van der Waals surface area contributed by atoms with Crippen molar-refractivity contribution >= 4 is 29.0 Å². The van der Waals surface area contributed by atoms with Gasteiger partial charge in [-0.05, 0) is 48.2 Å². The highest BCUT2D eigenvalue weighted by molar-refractivity contribution is 6.30. The molecular weight excluding hydrogens is 458 g/mol. The Morgan fingerprint density at radius 1 is 1.03 bits per heavy atom. The fourth-order valence-electron chi connectivity index (χ4n) is 4.75. The second-order valence-corrected chi connectivity index (χ2v) is 9.59. The number of rotatable bonds is 7. The zero-order chi connectivity index (χ0) is 24.2. The number of nitrogens with two attached hydrogens (primary N) is 1. The van der Waals surface area contributed by atoms with Gasteiger partial charge in [-0.15, -0.1) is 0 Å². The van der Waals surface area contributed by atoms with E-state index in [2.05, 4.69) is 10.6 Å². The molecule has 4 N–H and O–H groups in total. The molecule has 0 bridgehead atoms. The van der Waals surface area contributed by atoms with E-state index < -0.39 is 0 Å². The van der Waals surface area contributed by atoms with Gasteiger partial charge < -0.3 is 16.4 Å². The average Bonchev–Trinajstić information content (AvgIpc) is 3.25. The predicted octanol–water partition coefficient (Wildman–Crippen LogP) is 5.79. The van der Waals surface area contributed by atoms with Crippen molar-refractivity contribution in [2.24, 2.45) is 5.73 Å². The van der Waals surface area contributed by atoms with E-state index in [1.165, 1.54) is 19.3 Å². The molecule has 1 amide bonds. The molecule has 4 aromatic rings. The number of pyridine rings is 1. The maximum absolute atomic E-state index is 12.9. The highest BCUT2D eigenvalue weighted by Crippen LogP contribution is 2.33. The number of carbonyl (C=O) groups is 1. The SMILES string of the molecule is NCc1cccc(CNC(=O)c2ccn3c(NC4CCCCC4)c(-c4cccc(Cl)c4)nc3c2)c1. The van der Waals surface area contributed by atoms with Gasteiger partial charge in [0.1, 0.15) is 17.2 Å². The number of aromatic nitrogens is 2. The standard InChI is InChI=1S/C28H30ClN5O/c29-23-9-5-8-21(15-23)26-27(32-24-10-2-1-3-11-24)34-13-12-22(16-25(34)33-26)28(35)31-18-20-7-4-6-19(14-20)17-30/h4-9,12-16,24,32H,1-3,10-11,17-18,30H2,(H,31,35). The van der Waals surface area contributed by atoms with Crippen LogP contribution in [0.5, 0.6) is 0 Å². The largest absolute Gasteiger partial charge is 0.367 e. The summed E-state index contributed by atoms with van der Waals surface area (Å²) in [6, 6.07) is 19.8.